The number of nitrogens with one attached hydrogen (secondary N) is 2. The summed E-state index contributed by atoms with van der Waals surface area (Å²) in [6.45, 7) is 11.3. The van der Waals surface area contributed by atoms with Crippen LogP contribution in [0.25, 0.3) is 0 Å². The minimum absolute atomic E-state index is 0.0386. The third-order valence-electron chi connectivity index (χ3n) is 4.58. The quantitative estimate of drug-likeness (QED) is 0.686. The molecule has 3 rings (SSSR count). The molecular weight excluding hydrogens is 352 g/mol. The van der Waals surface area contributed by atoms with Gasteiger partial charge in [0.05, 0.1) is 24.5 Å². The number of nitrogens with zero attached hydrogens (tertiary/aromatic N) is 4. The summed E-state index contributed by atoms with van der Waals surface area (Å²) in [6, 6.07) is 11.7. The zero-order valence-electron chi connectivity index (χ0n) is 17.2. The number of hydrogen-bond acceptors (Lipinski definition) is 3. The van der Waals surface area contributed by atoms with Crippen LogP contribution in [0.15, 0.2) is 36.4 Å². The SMILES string of the molecule is Cc1cc(C)n(Cc2ccc(NC(=O)NC(C)Cn3nc(C)cc3C)cc2)n1. The summed E-state index contributed by atoms with van der Waals surface area (Å²) in [5.41, 5.74) is 6.11. The van der Waals surface area contributed by atoms with Crippen LogP contribution in [0.1, 0.15) is 35.3 Å². The number of anilines is 1. The summed E-state index contributed by atoms with van der Waals surface area (Å²) >= 11 is 0. The van der Waals surface area contributed by atoms with E-state index in [0.29, 0.717) is 13.1 Å². The third-order valence-corrected chi connectivity index (χ3v) is 4.58. The number of amides is 2. The first-order chi connectivity index (χ1) is 13.3. The standard InChI is InChI=1S/C21H28N6O/c1-14-10-17(4)26(24-14)12-16(3)22-21(28)23-20-8-6-19(7-9-20)13-27-18(5)11-15(2)25-27/h6-11,16H,12-13H2,1-5H3,(H2,22,23,28). The number of carbonyl (C=O) groups is 1. The first-order valence-corrected chi connectivity index (χ1v) is 9.48. The minimum atomic E-state index is -0.222. The molecule has 2 aromatic heterocycles. The maximum Gasteiger partial charge on any atom is 0.319 e. The van der Waals surface area contributed by atoms with Crippen LogP contribution >= 0.6 is 0 Å². The fourth-order valence-corrected chi connectivity index (χ4v) is 3.26. The molecule has 7 nitrogen and oxygen atoms in total. The summed E-state index contributed by atoms with van der Waals surface area (Å²) in [5, 5.41) is 14.7. The molecule has 0 fully saturated rings. The van der Waals surface area contributed by atoms with Crippen LogP contribution in [0.5, 0.6) is 0 Å². The van der Waals surface area contributed by atoms with Crippen molar-refractivity contribution in [1.29, 1.82) is 0 Å². The maximum absolute atomic E-state index is 12.3. The van der Waals surface area contributed by atoms with Gasteiger partial charge in [0.15, 0.2) is 0 Å². The summed E-state index contributed by atoms with van der Waals surface area (Å²) < 4.78 is 3.89. The number of aromatic nitrogens is 4. The van der Waals surface area contributed by atoms with Crippen LogP contribution in [0, 0.1) is 27.7 Å². The lowest BCUT2D eigenvalue weighted by molar-refractivity contribution is 0.247. The normalized spacial score (nSPS) is 12.0. The van der Waals surface area contributed by atoms with Crippen LogP contribution < -0.4 is 10.6 Å². The van der Waals surface area contributed by atoms with Crippen LogP contribution in [0.3, 0.4) is 0 Å². The summed E-state index contributed by atoms with van der Waals surface area (Å²) in [5.74, 6) is 0. The van der Waals surface area contributed by atoms with Crippen molar-refractivity contribution in [3.05, 3.63) is 64.7 Å². The van der Waals surface area contributed by atoms with Gasteiger partial charge in [-0.1, -0.05) is 12.1 Å². The van der Waals surface area contributed by atoms with Gasteiger partial charge in [-0.25, -0.2) is 4.79 Å². The Morgan fingerprint density at radius 1 is 0.964 bits per heavy atom. The van der Waals surface area contributed by atoms with Crippen LogP contribution in [-0.2, 0) is 13.1 Å². The maximum atomic E-state index is 12.3. The van der Waals surface area contributed by atoms with Gasteiger partial charge in [0.25, 0.3) is 0 Å². The Bertz CT molecular complexity index is 954. The first-order valence-electron chi connectivity index (χ1n) is 9.48. The number of benzene rings is 1. The van der Waals surface area contributed by atoms with E-state index in [1.165, 1.54) is 0 Å². The molecule has 0 aliphatic heterocycles. The van der Waals surface area contributed by atoms with Crippen molar-refractivity contribution >= 4 is 11.7 Å². The average Bonchev–Trinajstić information content (AvgIpc) is 3.09. The molecule has 0 aliphatic rings. The molecule has 1 aromatic carbocycles. The molecular formula is C21H28N6O. The van der Waals surface area contributed by atoms with Crippen molar-refractivity contribution in [2.45, 2.75) is 53.8 Å². The van der Waals surface area contributed by atoms with E-state index >= 15 is 0 Å². The van der Waals surface area contributed by atoms with Crippen molar-refractivity contribution < 1.29 is 4.79 Å². The van der Waals surface area contributed by atoms with Gasteiger partial charge in [0, 0.05) is 23.1 Å². The second-order valence-electron chi connectivity index (χ2n) is 7.39. The molecule has 3 aromatic rings. The van der Waals surface area contributed by atoms with Gasteiger partial charge in [0.2, 0.25) is 0 Å². The number of hydrogen-bond donors (Lipinski definition) is 2. The number of carbonyl (C=O) groups excluding carboxylic acids is 1. The molecule has 1 atom stereocenters. The van der Waals surface area contributed by atoms with Gasteiger partial charge in [-0.3, -0.25) is 9.36 Å². The van der Waals surface area contributed by atoms with E-state index in [4.69, 9.17) is 0 Å². The predicted molar refractivity (Wildman–Crippen MR) is 111 cm³/mol. The minimum Gasteiger partial charge on any atom is -0.334 e. The number of aryl methyl sites for hydroxylation is 4. The second-order valence-corrected chi connectivity index (χ2v) is 7.39. The van der Waals surface area contributed by atoms with Crippen molar-refractivity contribution in [3.8, 4) is 0 Å². The molecule has 0 bridgehead atoms. The Balaban J connectivity index is 1.52. The zero-order chi connectivity index (χ0) is 20.3. The van der Waals surface area contributed by atoms with Crippen LogP contribution in [-0.4, -0.2) is 31.6 Å². The van der Waals surface area contributed by atoms with Crippen molar-refractivity contribution in [3.63, 3.8) is 0 Å². The number of urea groups is 1. The lowest BCUT2D eigenvalue weighted by atomic mass is 10.2. The molecule has 0 saturated heterocycles. The lowest BCUT2D eigenvalue weighted by Gasteiger charge is -2.16. The van der Waals surface area contributed by atoms with Crippen LogP contribution in [0.4, 0.5) is 10.5 Å². The Hall–Kier alpha value is -3.09. The Morgan fingerprint density at radius 2 is 1.54 bits per heavy atom. The van der Waals surface area contributed by atoms with E-state index in [1.54, 1.807) is 0 Å². The van der Waals surface area contributed by atoms with E-state index in [1.807, 2.05) is 74.3 Å². The highest BCUT2D eigenvalue weighted by atomic mass is 16.2. The first kappa shape index (κ1) is 19.7. The topological polar surface area (TPSA) is 76.8 Å². The summed E-state index contributed by atoms with van der Waals surface area (Å²) in [7, 11) is 0. The Morgan fingerprint density at radius 3 is 2.07 bits per heavy atom. The van der Waals surface area contributed by atoms with E-state index in [2.05, 4.69) is 26.9 Å². The van der Waals surface area contributed by atoms with Crippen LogP contribution in [0.2, 0.25) is 0 Å². The fraction of sp³-hybridized carbons (Fsp3) is 0.381. The highest BCUT2D eigenvalue weighted by Gasteiger charge is 2.10. The summed E-state index contributed by atoms with van der Waals surface area (Å²) in [6.07, 6.45) is 0. The largest absolute Gasteiger partial charge is 0.334 e. The summed E-state index contributed by atoms with van der Waals surface area (Å²) in [4.78, 5) is 12.3. The molecule has 28 heavy (non-hydrogen) atoms. The zero-order valence-corrected chi connectivity index (χ0v) is 17.2. The average molecular weight is 380 g/mol. The Kier molecular flexibility index (Phi) is 5.82. The third kappa shape index (κ3) is 5.00. The van der Waals surface area contributed by atoms with Crippen molar-refractivity contribution in [2.24, 2.45) is 0 Å². The smallest absolute Gasteiger partial charge is 0.319 e. The van der Waals surface area contributed by atoms with Crippen molar-refractivity contribution in [2.75, 3.05) is 5.32 Å². The van der Waals surface area contributed by atoms with Gasteiger partial charge in [0.1, 0.15) is 0 Å². The van der Waals surface area contributed by atoms with E-state index in [9.17, 15) is 4.79 Å². The van der Waals surface area contributed by atoms with E-state index in [-0.39, 0.29) is 12.1 Å². The van der Waals surface area contributed by atoms with Gasteiger partial charge in [-0.05, 0) is 64.4 Å². The highest BCUT2D eigenvalue weighted by Crippen LogP contribution is 2.12. The molecule has 2 heterocycles. The molecule has 148 valence electrons. The molecule has 7 heteroatoms. The molecule has 1 unspecified atom stereocenters. The molecule has 2 N–H and O–H groups in total. The fourth-order valence-electron chi connectivity index (χ4n) is 3.26. The van der Waals surface area contributed by atoms with Crippen molar-refractivity contribution in [1.82, 2.24) is 24.9 Å². The molecule has 0 radical (unpaired) electrons. The second kappa shape index (κ2) is 8.29. The van der Waals surface area contributed by atoms with Gasteiger partial charge in [-0.15, -0.1) is 0 Å². The van der Waals surface area contributed by atoms with E-state index in [0.717, 1.165) is 34.0 Å². The Labute approximate surface area is 165 Å². The van der Waals surface area contributed by atoms with Gasteiger partial charge < -0.3 is 10.6 Å². The molecule has 0 saturated carbocycles. The van der Waals surface area contributed by atoms with E-state index < -0.39 is 0 Å². The predicted octanol–water partition coefficient (Wildman–Crippen LogP) is 3.57. The van der Waals surface area contributed by atoms with Gasteiger partial charge >= 0.3 is 6.03 Å². The highest BCUT2D eigenvalue weighted by molar-refractivity contribution is 5.89. The molecule has 0 aliphatic carbocycles. The lowest BCUT2D eigenvalue weighted by Crippen LogP contribution is -2.38. The molecule has 0 spiro atoms. The monoisotopic (exact) mass is 380 g/mol. The van der Waals surface area contributed by atoms with Gasteiger partial charge in [-0.2, -0.15) is 10.2 Å². The number of rotatable bonds is 6. The molecule has 2 amide bonds.